The summed E-state index contributed by atoms with van der Waals surface area (Å²) in [6.07, 6.45) is 3.03. The first kappa shape index (κ1) is 22.5. The summed E-state index contributed by atoms with van der Waals surface area (Å²) in [6.45, 7) is 16.0. The van der Waals surface area contributed by atoms with E-state index in [0.717, 1.165) is 12.1 Å². The Kier molecular flexibility index (Phi) is 87.5. The predicted octanol–water partition coefficient (Wildman–Crippen LogP) is 4.34. The summed E-state index contributed by atoms with van der Waals surface area (Å²) in [5, 5.41) is 0. The molecule has 0 saturated heterocycles. The van der Waals surface area contributed by atoms with Crippen LogP contribution >= 0.6 is 0 Å². The van der Waals surface area contributed by atoms with Crippen molar-refractivity contribution in [3.63, 3.8) is 0 Å². The zero-order valence-electron chi connectivity index (χ0n) is 10.4. The van der Waals surface area contributed by atoms with Crippen LogP contribution < -0.4 is 5.73 Å². The Bertz CT molecular complexity index is 52.0. The average molecular weight is 175 g/mol. The molecule has 0 aromatic rings. The van der Waals surface area contributed by atoms with Crippen LogP contribution in [0.2, 0.25) is 0 Å². The molecule has 2 N–H and O–H groups in total. The van der Waals surface area contributed by atoms with Crippen molar-refractivity contribution >= 4 is 0 Å². The highest BCUT2D eigenvalue weighted by Gasteiger charge is 1.67. The lowest BCUT2D eigenvalue weighted by Gasteiger charge is -1.81. The molecule has 0 aromatic heterocycles. The Morgan fingerprint density at radius 1 is 1.00 bits per heavy atom. The van der Waals surface area contributed by atoms with Gasteiger partial charge in [0.1, 0.15) is 0 Å². The van der Waals surface area contributed by atoms with Crippen molar-refractivity contribution in [1.82, 2.24) is 0 Å². The van der Waals surface area contributed by atoms with E-state index in [9.17, 15) is 0 Å². The summed E-state index contributed by atoms with van der Waals surface area (Å²) < 4.78 is 0. The number of rotatable bonds is 1. The molecule has 78 valence electrons. The molecule has 0 aromatic carbocycles. The van der Waals surface area contributed by atoms with E-state index in [-0.39, 0.29) is 0 Å². The Morgan fingerprint density at radius 2 is 1.25 bits per heavy atom. The Labute approximate surface area is 80.1 Å². The van der Waals surface area contributed by atoms with E-state index in [1.165, 1.54) is 0 Å². The minimum absolute atomic E-state index is 0.914. The molecule has 0 rings (SSSR count). The van der Waals surface area contributed by atoms with E-state index in [1.807, 2.05) is 54.5 Å². The number of hydrogen-bond donors (Lipinski definition) is 1. The lowest BCUT2D eigenvalue weighted by Crippen LogP contribution is -1.87. The predicted molar refractivity (Wildman–Crippen MR) is 62.3 cm³/mol. The van der Waals surface area contributed by atoms with E-state index < -0.39 is 0 Å². The maximum absolute atomic E-state index is 5.26. The van der Waals surface area contributed by atoms with Crippen molar-refractivity contribution in [3.05, 3.63) is 11.8 Å². The van der Waals surface area contributed by atoms with E-state index in [0.29, 0.717) is 0 Å². The fourth-order valence-corrected chi connectivity index (χ4v) is 0.322. The highest BCUT2D eigenvalue weighted by molar-refractivity contribution is 4.89. The van der Waals surface area contributed by atoms with Crippen LogP contribution in [-0.2, 0) is 0 Å². The van der Waals surface area contributed by atoms with E-state index in [4.69, 9.17) is 5.73 Å². The summed E-state index contributed by atoms with van der Waals surface area (Å²) >= 11 is 0. The molecule has 0 fully saturated rings. The summed E-state index contributed by atoms with van der Waals surface area (Å²) in [6, 6.07) is 0. The van der Waals surface area contributed by atoms with Gasteiger partial charge in [-0.25, -0.2) is 0 Å². The van der Waals surface area contributed by atoms with Gasteiger partial charge in [-0.3, -0.25) is 0 Å². The molecule has 12 heavy (non-hydrogen) atoms. The molecule has 0 heterocycles. The van der Waals surface area contributed by atoms with Crippen molar-refractivity contribution in [3.8, 4) is 0 Å². The topological polar surface area (TPSA) is 26.0 Å². The van der Waals surface area contributed by atoms with Crippen LogP contribution in [0, 0.1) is 0 Å². The maximum atomic E-state index is 5.26. The van der Waals surface area contributed by atoms with Crippen LogP contribution in [0.4, 0.5) is 0 Å². The molecule has 0 atom stereocenters. The molecule has 0 aliphatic heterocycles. The fraction of sp³-hybridized carbons (Fsp3) is 0.818. The number of hydrogen-bond acceptors (Lipinski definition) is 1. The van der Waals surface area contributed by atoms with Gasteiger partial charge in [0.25, 0.3) is 0 Å². The third kappa shape index (κ3) is 108. The smallest absolute Gasteiger partial charge is 0.000822 e. The maximum Gasteiger partial charge on any atom is 0.000822 e. The summed E-state index contributed by atoms with van der Waals surface area (Å²) in [5.41, 5.74) is 6.18. The van der Waals surface area contributed by atoms with Crippen molar-refractivity contribution in [1.29, 1.82) is 0 Å². The molecule has 0 bridgehead atoms. The van der Waals surface area contributed by atoms with Gasteiger partial charge in [0, 0.05) is 5.70 Å². The van der Waals surface area contributed by atoms with Gasteiger partial charge in [-0.05, 0) is 13.3 Å². The van der Waals surface area contributed by atoms with Crippen molar-refractivity contribution in [2.45, 2.75) is 61.8 Å². The van der Waals surface area contributed by atoms with Gasteiger partial charge >= 0.3 is 0 Å². The molecule has 0 aliphatic carbocycles. The highest BCUT2D eigenvalue weighted by atomic mass is 14.5. The van der Waals surface area contributed by atoms with Crippen molar-refractivity contribution in [2.24, 2.45) is 5.73 Å². The minimum atomic E-state index is 0.914. The number of nitrogens with two attached hydrogens (primary N) is 1. The fourth-order valence-electron chi connectivity index (χ4n) is 0.322. The summed E-state index contributed by atoms with van der Waals surface area (Å²) in [4.78, 5) is 0. The van der Waals surface area contributed by atoms with Gasteiger partial charge in [-0.15, -0.1) is 0 Å². The van der Waals surface area contributed by atoms with Crippen LogP contribution in [0.25, 0.3) is 0 Å². The molecule has 1 nitrogen and oxygen atoms in total. The lowest BCUT2D eigenvalue weighted by atomic mass is 10.4. The zero-order valence-corrected chi connectivity index (χ0v) is 10.4. The highest BCUT2D eigenvalue weighted by Crippen LogP contribution is 1.81. The minimum Gasteiger partial charge on any atom is -0.403 e. The van der Waals surface area contributed by atoms with Gasteiger partial charge < -0.3 is 5.73 Å². The van der Waals surface area contributed by atoms with Crippen LogP contribution in [0.3, 0.4) is 0 Å². The Hall–Kier alpha value is -0.460. The zero-order chi connectivity index (χ0) is 11.0. The Balaban J connectivity index is -0.0000000453. The van der Waals surface area contributed by atoms with Gasteiger partial charge in [0.05, 0.1) is 0 Å². The molecule has 0 unspecified atom stereocenters. The SMILES string of the molecule is CC.CC.CC.CC/C=C(\C)N. The summed E-state index contributed by atoms with van der Waals surface area (Å²) in [5.74, 6) is 0. The van der Waals surface area contributed by atoms with Crippen LogP contribution in [0.5, 0.6) is 0 Å². The molecule has 1 heteroatoms. The molecular weight excluding hydrogens is 146 g/mol. The molecule has 0 amide bonds. The average Bonchev–Trinajstić information content (AvgIpc) is 2.14. The molecular formula is C11H29N. The van der Waals surface area contributed by atoms with E-state index in [2.05, 4.69) is 6.92 Å². The van der Waals surface area contributed by atoms with Gasteiger partial charge in [0.2, 0.25) is 0 Å². The number of allylic oxidation sites excluding steroid dienone is 2. The molecule has 0 saturated carbocycles. The van der Waals surface area contributed by atoms with Crippen LogP contribution in [-0.4, -0.2) is 0 Å². The van der Waals surface area contributed by atoms with E-state index >= 15 is 0 Å². The van der Waals surface area contributed by atoms with E-state index in [1.54, 1.807) is 0 Å². The third-order valence-electron chi connectivity index (χ3n) is 0.526. The molecule has 0 radical (unpaired) electrons. The Morgan fingerprint density at radius 3 is 1.25 bits per heavy atom. The molecule has 0 spiro atoms. The first-order valence-electron chi connectivity index (χ1n) is 5.19. The largest absolute Gasteiger partial charge is 0.403 e. The summed E-state index contributed by atoms with van der Waals surface area (Å²) in [7, 11) is 0. The monoisotopic (exact) mass is 175 g/mol. The first-order valence-corrected chi connectivity index (χ1v) is 5.19. The van der Waals surface area contributed by atoms with Gasteiger partial charge in [0.15, 0.2) is 0 Å². The van der Waals surface area contributed by atoms with Crippen molar-refractivity contribution < 1.29 is 0 Å². The standard InChI is InChI=1S/C5H11N.3C2H6/c1-3-4-5(2)6;3*1-2/h4H,3,6H2,1-2H3;3*1-2H3/b5-4+;;;. The van der Waals surface area contributed by atoms with Gasteiger partial charge in [-0.1, -0.05) is 54.5 Å². The third-order valence-corrected chi connectivity index (χ3v) is 0.526. The van der Waals surface area contributed by atoms with Crippen molar-refractivity contribution in [2.75, 3.05) is 0 Å². The quantitative estimate of drug-likeness (QED) is 0.630. The van der Waals surface area contributed by atoms with Crippen LogP contribution in [0.1, 0.15) is 61.8 Å². The lowest BCUT2D eigenvalue weighted by molar-refractivity contribution is 1.16. The van der Waals surface area contributed by atoms with Crippen LogP contribution in [0.15, 0.2) is 11.8 Å². The second-order valence-corrected chi connectivity index (χ2v) is 1.36. The van der Waals surface area contributed by atoms with Gasteiger partial charge in [-0.2, -0.15) is 0 Å². The second-order valence-electron chi connectivity index (χ2n) is 1.36. The molecule has 0 aliphatic rings. The normalized spacial score (nSPS) is 7.50. The second kappa shape index (κ2) is 46.5. The first-order chi connectivity index (χ1) is 5.77.